The van der Waals surface area contributed by atoms with Gasteiger partial charge in [0.15, 0.2) is 34.6 Å². The van der Waals surface area contributed by atoms with E-state index in [2.05, 4.69) is 5.10 Å². The lowest BCUT2D eigenvalue weighted by Gasteiger charge is -2.13. The number of nitrogens with zero attached hydrogens (tertiary/aromatic N) is 2. The fraction of sp³-hybridized carbons (Fsp3) is 0.194. The monoisotopic (exact) mass is 564 g/mol. The van der Waals surface area contributed by atoms with E-state index in [-0.39, 0.29) is 5.69 Å². The van der Waals surface area contributed by atoms with Gasteiger partial charge in [-0.05, 0) is 42.5 Å². The maximum Gasteiger partial charge on any atom is 0.168 e. The molecule has 10 heteroatoms. The van der Waals surface area contributed by atoms with Gasteiger partial charge in [-0.2, -0.15) is 5.10 Å². The third kappa shape index (κ3) is 5.96. The lowest BCUT2D eigenvalue weighted by atomic mass is 10.1. The molecule has 4 aromatic rings. The predicted octanol–water partition coefficient (Wildman–Crippen LogP) is 6.47. The van der Waals surface area contributed by atoms with Gasteiger partial charge in [-0.25, -0.2) is 13.5 Å². The highest BCUT2D eigenvalue weighted by atomic mass is 19.2. The van der Waals surface area contributed by atoms with Gasteiger partial charge < -0.3 is 28.4 Å². The summed E-state index contributed by atoms with van der Waals surface area (Å²) in [6.45, 7) is 0. The normalized spacial score (nSPS) is 11.7. The van der Waals surface area contributed by atoms with E-state index < -0.39 is 11.6 Å². The van der Waals surface area contributed by atoms with Crippen molar-refractivity contribution in [3.63, 3.8) is 0 Å². The summed E-state index contributed by atoms with van der Waals surface area (Å²) < 4.78 is 63.1. The van der Waals surface area contributed by atoms with Crippen LogP contribution in [-0.2, 0) is 9.47 Å². The van der Waals surface area contributed by atoms with Crippen LogP contribution in [0, 0.1) is 11.6 Å². The van der Waals surface area contributed by atoms with E-state index in [9.17, 15) is 8.78 Å². The molecule has 8 nitrogen and oxygen atoms in total. The highest BCUT2D eigenvalue weighted by molar-refractivity contribution is 5.83. The van der Waals surface area contributed by atoms with Gasteiger partial charge in [0.05, 0.1) is 48.3 Å². The summed E-state index contributed by atoms with van der Waals surface area (Å²) in [5, 5.41) is 4.69. The smallest absolute Gasteiger partial charge is 0.168 e. The first-order valence-electron chi connectivity index (χ1n) is 12.4. The zero-order valence-electron chi connectivity index (χ0n) is 23.5. The zero-order valence-corrected chi connectivity index (χ0v) is 23.5. The van der Waals surface area contributed by atoms with Crippen LogP contribution in [-0.4, -0.2) is 52.4 Å². The third-order valence-corrected chi connectivity index (χ3v) is 6.24. The summed E-state index contributed by atoms with van der Waals surface area (Å²) in [6.07, 6.45) is 3.48. The van der Waals surface area contributed by atoms with Crippen molar-refractivity contribution in [2.75, 3.05) is 42.7 Å². The molecular weight excluding hydrogens is 534 g/mol. The van der Waals surface area contributed by atoms with Crippen molar-refractivity contribution in [1.82, 2.24) is 9.78 Å². The van der Waals surface area contributed by atoms with E-state index in [4.69, 9.17) is 28.4 Å². The fourth-order valence-electron chi connectivity index (χ4n) is 4.30. The minimum absolute atomic E-state index is 0.264. The number of rotatable bonds is 11. The third-order valence-electron chi connectivity index (χ3n) is 6.24. The molecule has 0 amide bonds. The average molecular weight is 565 g/mol. The Kier molecular flexibility index (Phi) is 9.13. The molecule has 0 saturated heterocycles. The van der Waals surface area contributed by atoms with Crippen LogP contribution in [0.3, 0.4) is 0 Å². The van der Waals surface area contributed by atoms with Crippen molar-refractivity contribution in [3.8, 4) is 28.7 Å². The summed E-state index contributed by atoms with van der Waals surface area (Å²) in [5.41, 5.74) is 2.42. The van der Waals surface area contributed by atoms with E-state index in [1.807, 2.05) is 24.3 Å². The molecule has 0 aliphatic rings. The van der Waals surface area contributed by atoms with E-state index in [1.165, 1.54) is 32.1 Å². The Hall–Kier alpha value is -4.99. The highest BCUT2D eigenvalue weighted by Crippen LogP contribution is 2.36. The molecule has 0 bridgehead atoms. The molecule has 0 atom stereocenters. The van der Waals surface area contributed by atoms with Crippen molar-refractivity contribution in [3.05, 3.63) is 94.8 Å². The van der Waals surface area contributed by atoms with Gasteiger partial charge in [0.1, 0.15) is 22.9 Å². The lowest BCUT2D eigenvalue weighted by Crippen LogP contribution is -2.04. The van der Waals surface area contributed by atoms with E-state index in [0.717, 1.165) is 12.1 Å². The molecule has 0 aliphatic heterocycles. The van der Waals surface area contributed by atoms with Crippen molar-refractivity contribution in [2.24, 2.45) is 0 Å². The molecule has 1 heterocycles. The molecule has 0 spiro atoms. The van der Waals surface area contributed by atoms with Gasteiger partial charge in [-0.1, -0.05) is 24.3 Å². The summed E-state index contributed by atoms with van der Waals surface area (Å²) in [6, 6.07) is 16.1. The molecule has 214 valence electrons. The second kappa shape index (κ2) is 12.9. The van der Waals surface area contributed by atoms with Crippen molar-refractivity contribution in [1.29, 1.82) is 0 Å². The summed E-state index contributed by atoms with van der Waals surface area (Å²) in [7, 11) is 9.17. The fourth-order valence-corrected chi connectivity index (χ4v) is 4.30. The SMILES string of the molecule is COC(=Cc1cccc(OC)c1OC)c1cc(C(=Cc2cccc(OC)c2OC)OC)n(-c2ccc(F)c(F)c2)n1. The van der Waals surface area contributed by atoms with Gasteiger partial charge in [-0.3, -0.25) is 0 Å². The number of para-hydroxylation sites is 2. The Morgan fingerprint density at radius 2 is 1.22 bits per heavy atom. The van der Waals surface area contributed by atoms with E-state index in [0.29, 0.717) is 57.0 Å². The van der Waals surface area contributed by atoms with E-state index >= 15 is 0 Å². The Balaban J connectivity index is 1.94. The molecule has 0 fully saturated rings. The van der Waals surface area contributed by atoms with Crippen LogP contribution in [0.4, 0.5) is 8.78 Å². The van der Waals surface area contributed by atoms with Crippen LogP contribution in [0.5, 0.6) is 23.0 Å². The summed E-state index contributed by atoms with van der Waals surface area (Å²) in [5.74, 6) is 0.798. The van der Waals surface area contributed by atoms with Crippen molar-refractivity contribution < 1.29 is 37.2 Å². The molecule has 3 aromatic carbocycles. The second-order valence-corrected chi connectivity index (χ2v) is 8.52. The Morgan fingerprint density at radius 3 is 1.71 bits per heavy atom. The van der Waals surface area contributed by atoms with Crippen LogP contribution in [0.15, 0.2) is 60.7 Å². The Labute approximate surface area is 236 Å². The first kappa shape index (κ1) is 29.0. The number of methoxy groups -OCH3 is 6. The standard InChI is InChI=1S/C31H30F2N2O6/c1-36-26-11-7-9-19(30(26)40-5)15-28(38-3)24-18-25(35(34-24)21-13-14-22(32)23(33)17-21)29(39-4)16-20-10-8-12-27(37-2)31(20)41-6/h7-18H,1-6H3. The molecule has 0 N–H and O–H groups in total. The number of hydrogen-bond acceptors (Lipinski definition) is 7. The lowest BCUT2D eigenvalue weighted by molar-refractivity contribution is 0.353. The zero-order chi connectivity index (χ0) is 29.5. The number of hydrogen-bond donors (Lipinski definition) is 0. The maximum absolute atomic E-state index is 14.3. The maximum atomic E-state index is 14.3. The second-order valence-electron chi connectivity index (χ2n) is 8.52. The summed E-state index contributed by atoms with van der Waals surface area (Å²) in [4.78, 5) is 0. The van der Waals surface area contributed by atoms with Gasteiger partial charge >= 0.3 is 0 Å². The first-order valence-corrected chi connectivity index (χ1v) is 12.4. The van der Waals surface area contributed by atoms with Gasteiger partial charge in [0, 0.05) is 17.2 Å². The predicted molar refractivity (Wildman–Crippen MR) is 152 cm³/mol. The number of halogens is 2. The van der Waals surface area contributed by atoms with Gasteiger partial charge in [-0.15, -0.1) is 0 Å². The van der Waals surface area contributed by atoms with E-state index in [1.54, 1.807) is 51.7 Å². The molecule has 0 radical (unpaired) electrons. The largest absolute Gasteiger partial charge is 0.494 e. The molecule has 4 rings (SSSR count). The molecule has 0 unspecified atom stereocenters. The minimum atomic E-state index is -1.02. The quantitative estimate of drug-likeness (QED) is 0.193. The highest BCUT2D eigenvalue weighted by Gasteiger charge is 2.20. The van der Waals surface area contributed by atoms with Crippen LogP contribution < -0.4 is 18.9 Å². The van der Waals surface area contributed by atoms with Gasteiger partial charge in [0.25, 0.3) is 0 Å². The van der Waals surface area contributed by atoms with Crippen LogP contribution in [0.1, 0.15) is 22.5 Å². The molecule has 0 aliphatic carbocycles. The molecule has 41 heavy (non-hydrogen) atoms. The van der Waals surface area contributed by atoms with Crippen molar-refractivity contribution in [2.45, 2.75) is 0 Å². The molecule has 0 saturated carbocycles. The Bertz CT molecular complexity index is 1600. The average Bonchev–Trinajstić information content (AvgIpc) is 3.44. The number of benzene rings is 3. The summed E-state index contributed by atoms with van der Waals surface area (Å²) >= 11 is 0. The topological polar surface area (TPSA) is 73.2 Å². The first-order chi connectivity index (χ1) is 19.9. The van der Waals surface area contributed by atoms with Gasteiger partial charge in [0.2, 0.25) is 0 Å². The number of ether oxygens (including phenoxy) is 6. The van der Waals surface area contributed by atoms with Crippen molar-refractivity contribution >= 4 is 23.7 Å². The molecular formula is C31H30F2N2O6. The van der Waals surface area contributed by atoms with Crippen LogP contribution >= 0.6 is 0 Å². The Morgan fingerprint density at radius 1 is 0.659 bits per heavy atom. The molecule has 1 aromatic heterocycles. The number of aromatic nitrogens is 2. The minimum Gasteiger partial charge on any atom is -0.494 e. The van der Waals surface area contributed by atoms with Crippen LogP contribution in [0.25, 0.3) is 29.4 Å². The van der Waals surface area contributed by atoms with Crippen LogP contribution in [0.2, 0.25) is 0 Å².